The summed E-state index contributed by atoms with van der Waals surface area (Å²) in [7, 11) is -1.90. The van der Waals surface area contributed by atoms with Gasteiger partial charge in [0.1, 0.15) is 5.75 Å². The predicted octanol–water partition coefficient (Wildman–Crippen LogP) is 4.43. The van der Waals surface area contributed by atoms with E-state index in [2.05, 4.69) is 5.32 Å². The summed E-state index contributed by atoms with van der Waals surface area (Å²) in [4.78, 5) is 0.313. The zero-order chi connectivity index (χ0) is 19.3. The van der Waals surface area contributed by atoms with Gasteiger partial charge in [0.25, 0.3) is 0 Å². The Bertz CT molecular complexity index is 845. The smallest absolute Gasteiger partial charge is 0.243 e. The Morgan fingerprint density at radius 1 is 1.00 bits per heavy atom. The van der Waals surface area contributed by atoms with Crippen LogP contribution in [0.1, 0.15) is 44.2 Å². The molecule has 1 saturated heterocycles. The average Bonchev–Trinajstić information content (AvgIpc) is 2.98. The number of benzene rings is 2. The Morgan fingerprint density at radius 3 is 2.30 bits per heavy atom. The summed E-state index contributed by atoms with van der Waals surface area (Å²) < 4.78 is 33.3. The van der Waals surface area contributed by atoms with Crippen molar-refractivity contribution in [2.45, 2.75) is 43.5 Å². The molecular weight excluding hydrogens is 360 g/mol. The van der Waals surface area contributed by atoms with Gasteiger partial charge in [0.2, 0.25) is 10.0 Å². The number of methoxy groups -OCH3 is 1. The molecule has 0 spiro atoms. The topological polar surface area (TPSA) is 58.6 Å². The summed E-state index contributed by atoms with van der Waals surface area (Å²) in [5.41, 5.74) is 1.81. The maximum atomic E-state index is 13.1. The van der Waals surface area contributed by atoms with E-state index in [0.29, 0.717) is 29.4 Å². The first-order valence-electron chi connectivity index (χ1n) is 9.52. The Balaban J connectivity index is 1.88. The van der Waals surface area contributed by atoms with Gasteiger partial charge in [-0.1, -0.05) is 43.2 Å². The second kappa shape index (κ2) is 8.76. The molecule has 0 aromatic heterocycles. The first-order valence-corrected chi connectivity index (χ1v) is 11.0. The highest BCUT2D eigenvalue weighted by atomic mass is 32.2. The van der Waals surface area contributed by atoms with Crippen LogP contribution >= 0.6 is 0 Å². The third kappa shape index (κ3) is 4.62. The lowest BCUT2D eigenvalue weighted by Crippen LogP contribution is -2.32. The molecule has 1 heterocycles. The van der Waals surface area contributed by atoms with Crippen molar-refractivity contribution in [3.8, 4) is 5.75 Å². The van der Waals surface area contributed by atoms with Gasteiger partial charge in [0.15, 0.2) is 0 Å². The van der Waals surface area contributed by atoms with Gasteiger partial charge in [-0.2, -0.15) is 4.31 Å². The van der Waals surface area contributed by atoms with Crippen LogP contribution in [0.2, 0.25) is 0 Å². The van der Waals surface area contributed by atoms with Crippen LogP contribution in [0.5, 0.6) is 5.75 Å². The van der Waals surface area contributed by atoms with Gasteiger partial charge in [-0.3, -0.25) is 0 Å². The summed E-state index contributed by atoms with van der Waals surface area (Å²) in [6, 6.07) is 15.1. The summed E-state index contributed by atoms with van der Waals surface area (Å²) in [5.74, 6) is 0.632. The second-order valence-electron chi connectivity index (χ2n) is 6.96. The molecule has 0 unspecified atom stereocenters. The molecule has 2 aromatic carbocycles. The van der Waals surface area contributed by atoms with E-state index in [4.69, 9.17) is 4.74 Å². The largest absolute Gasteiger partial charge is 0.495 e. The Labute approximate surface area is 162 Å². The number of anilines is 1. The van der Waals surface area contributed by atoms with Gasteiger partial charge >= 0.3 is 0 Å². The molecular formula is C21H28N2O3S. The standard InChI is InChI=1S/C21H28N2O3S/c1-17(18-10-6-5-7-11-18)22-20-16-19(12-13-21(20)26-2)27(24,25)23-14-8-3-4-9-15-23/h5-7,10-13,16-17,22H,3-4,8-9,14-15H2,1-2H3/t17-/m1/s1. The van der Waals surface area contributed by atoms with Crippen molar-refractivity contribution >= 4 is 15.7 Å². The number of ether oxygens (including phenoxy) is 1. The molecule has 0 radical (unpaired) electrons. The minimum atomic E-state index is -3.50. The molecule has 27 heavy (non-hydrogen) atoms. The fourth-order valence-corrected chi connectivity index (χ4v) is 4.99. The lowest BCUT2D eigenvalue weighted by molar-refractivity contribution is 0.414. The highest BCUT2D eigenvalue weighted by molar-refractivity contribution is 7.89. The molecule has 0 bridgehead atoms. The Hall–Kier alpha value is -2.05. The van der Waals surface area contributed by atoms with Gasteiger partial charge in [-0.15, -0.1) is 0 Å². The molecule has 0 saturated carbocycles. The van der Waals surface area contributed by atoms with Crippen LogP contribution in [0.4, 0.5) is 5.69 Å². The van der Waals surface area contributed by atoms with Crippen LogP contribution in [0.3, 0.4) is 0 Å². The maximum Gasteiger partial charge on any atom is 0.243 e. The van der Waals surface area contributed by atoms with Crippen molar-refractivity contribution in [1.29, 1.82) is 0 Å². The molecule has 2 aromatic rings. The Morgan fingerprint density at radius 2 is 1.67 bits per heavy atom. The van der Waals surface area contributed by atoms with E-state index in [0.717, 1.165) is 31.2 Å². The molecule has 6 heteroatoms. The van der Waals surface area contributed by atoms with Crippen LogP contribution in [-0.2, 0) is 10.0 Å². The molecule has 5 nitrogen and oxygen atoms in total. The normalized spacial score (nSPS) is 17.1. The van der Waals surface area contributed by atoms with Crippen LogP contribution in [0, 0.1) is 0 Å². The van der Waals surface area contributed by atoms with Crippen LogP contribution in [0.25, 0.3) is 0 Å². The van der Waals surface area contributed by atoms with E-state index in [9.17, 15) is 8.42 Å². The first kappa shape index (κ1) is 19.7. The van der Waals surface area contributed by atoms with E-state index in [1.807, 2.05) is 37.3 Å². The van der Waals surface area contributed by atoms with Crippen molar-refractivity contribution in [3.63, 3.8) is 0 Å². The van der Waals surface area contributed by atoms with Crippen molar-refractivity contribution < 1.29 is 13.2 Å². The minimum Gasteiger partial charge on any atom is -0.495 e. The summed E-state index contributed by atoms with van der Waals surface area (Å²) in [6.07, 6.45) is 4.03. The lowest BCUT2D eigenvalue weighted by atomic mass is 10.1. The third-order valence-electron chi connectivity index (χ3n) is 5.05. The highest BCUT2D eigenvalue weighted by Gasteiger charge is 2.26. The van der Waals surface area contributed by atoms with Crippen molar-refractivity contribution in [3.05, 3.63) is 54.1 Å². The predicted molar refractivity (Wildman–Crippen MR) is 109 cm³/mol. The number of rotatable bonds is 6. The van der Waals surface area contributed by atoms with Gasteiger partial charge in [-0.25, -0.2) is 8.42 Å². The average molecular weight is 389 g/mol. The molecule has 3 rings (SSSR count). The van der Waals surface area contributed by atoms with Crippen LogP contribution < -0.4 is 10.1 Å². The summed E-state index contributed by atoms with van der Waals surface area (Å²) in [5, 5.41) is 3.40. The minimum absolute atomic E-state index is 0.0243. The van der Waals surface area contributed by atoms with E-state index in [1.165, 1.54) is 0 Å². The van der Waals surface area contributed by atoms with Gasteiger partial charge < -0.3 is 10.1 Å². The fraction of sp³-hybridized carbons (Fsp3) is 0.429. The second-order valence-corrected chi connectivity index (χ2v) is 8.90. The SMILES string of the molecule is COc1ccc(S(=O)(=O)N2CCCCCC2)cc1N[C@H](C)c1ccccc1. The number of nitrogens with one attached hydrogen (secondary N) is 1. The molecule has 0 amide bonds. The van der Waals surface area contributed by atoms with Crippen molar-refractivity contribution in [2.24, 2.45) is 0 Å². The number of hydrogen-bond donors (Lipinski definition) is 1. The molecule has 1 fully saturated rings. The lowest BCUT2D eigenvalue weighted by Gasteiger charge is -2.22. The van der Waals surface area contributed by atoms with E-state index < -0.39 is 10.0 Å². The number of hydrogen-bond acceptors (Lipinski definition) is 4. The zero-order valence-corrected chi connectivity index (χ0v) is 16.8. The van der Waals surface area contributed by atoms with Gasteiger partial charge in [0, 0.05) is 19.1 Å². The maximum absolute atomic E-state index is 13.1. The zero-order valence-electron chi connectivity index (χ0n) is 16.0. The molecule has 1 aliphatic heterocycles. The third-order valence-corrected chi connectivity index (χ3v) is 6.94. The number of nitrogens with zero attached hydrogens (tertiary/aromatic N) is 1. The molecule has 146 valence electrons. The molecule has 1 N–H and O–H groups in total. The van der Waals surface area contributed by atoms with Gasteiger partial charge in [-0.05, 0) is 43.5 Å². The Kier molecular flexibility index (Phi) is 6.39. The van der Waals surface area contributed by atoms with E-state index >= 15 is 0 Å². The first-order chi connectivity index (χ1) is 13.0. The summed E-state index contributed by atoms with van der Waals surface area (Å²) >= 11 is 0. The van der Waals surface area contributed by atoms with Crippen LogP contribution in [0.15, 0.2) is 53.4 Å². The van der Waals surface area contributed by atoms with Gasteiger partial charge in [0.05, 0.1) is 17.7 Å². The van der Waals surface area contributed by atoms with Crippen LogP contribution in [-0.4, -0.2) is 32.9 Å². The van der Waals surface area contributed by atoms with E-state index in [1.54, 1.807) is 29.6 Å². The molecule has 1 aliphatic rings. The quantitative estimate of drug-likeness (QED) is 0.795. The van der Waals surface area contributed by atoms with Crippen molar-refractivity contribution in [1.82, 2.24) is 4.31 Å². The van der Waals surface area contributed by atoms with E-state index in [-0.39, 0.29) is 6.04 Å². The van der Waals surface area contributed by atoms with Crippen molar-refractivity contribution in [2.75, 3.05) is 25.5 Å². The fourth-order valence-electron chi connectivity index (χ4n) is 3.45. The highest BCUT2D eigenvalue weighted by Crippen LogP contribution is 2.32. The monoisotopic (exact) mass is 388 g/mol. The molecule has 1 atom stereocenters. The number of sulfonamides is 1. The summed E-state index contributed by atoms with van der Waals surface area (Å²) in [6.45, 7) is 3.24. The molecule has 0 aliphatic carbocycles.